The molecule has 208 valence electrons. The van der Waals surface area contributed by atoms with Crippen LogP contribution in [0.3, 0.4) is 0 Å². The Hall–Kier alpha value is -3.75. The minimum absolute atomic E-state index is 0.144. The molecule has 0 aromatic heterocycles. The number of carbonyl (C=O) groups is 2. The van der Waals surface area contributed by atoms with Crippen LogP contribution in [-0.2, 0) is 25.5 Å². The van der Waals surface area contributed by atoms with Gasteiger partial charge in [-0.1, -0.05) is 13.8 Å². The Kier molecular flexibility index (Phi) is 6.31. The van der Waals surface area contributed by atoms with E-state index < -0.39 is 28.5 Å². The molecule has 0 amide bonds. The number of rotatable bonds is 6. The maximum atomic E-state index is 13.9. The van der Waals surface area contributed by atoms with Gasteiger partial charge in [0.25, 0.3) is 0 Å². The molecule has 39 heavy (non-hydrogen) atoms. The van der Waals surface area contributed by atoms with E-state index in [1.807, 2.05) is 26.8 Å². The summed E-state index contributed by atoms with van der Waals surface area (Å²) in [5.41, 5.74) is -0.564. The molecule has 1 aliphatic heterocycles. The number of hydrogen-bond donors (Lipinski definition) is 0. The van der Waals surface area contributed by atoms with E-state index in [4.69, 9.17) is 28.4 Å². The Balaban J connectivity index is 1.68. The van der Waals surface area contributed by atoms with Gasteiger partial charge in [0, 0.05) is 16.5 Å². The number of carbonyl (C=O) groups excluding carboxylic acids is 2. The first-order valence-electron chi connectivity index (χ1n) is 13.0. The van der Waals surface area contributed by atoms with Gasteiger partial charge in [0.1, 0.15) is 6.10 Å². The highest BCUT2D eigenvalue weighted by Crippen LogP contribution is 2.66. The van der Waals surface area contributed by atoms with E-state index in [2.05, 4.69) is 0 Å². The lowest BCUT2D eigenvalue weighted by Crippen LogP contribution is -2.49. The third kappa shape index (κ3) is 3.54. The lowest BCUT2D eigenvalue weighted by molar-refractivity contribution is -0.187. The van der Waals surface area contributed by atoms with E-state index in [-0.39, 0.29) is 17.1 Å². The number of methoxy groups -OCH3 is 4. The van der Waals surface area contributed by atoms with Gasteiger partial charge in [-0.05, 0) is 68.0 Å². The number of benzene rings is 1. The lowest BCUT2D eigenvalue weighted by atomic mass is 9.66. The highest BCUT2D eigenvalue weighted by Gasteiger charge is 2.76. The van der Waals surface area contributed by atoms with Crippen LogP contribution in [0.1, 0.15) is 57.3 Å². The third-order valence-corrected chi connectivity index (χ3v) is 9.33. The molecule has 9 heteroatoms. The quantitative estimate of drug-likeness (QED) is 0.495. The molecule has 1 saturated carbocycles. The highest BCUT2D eigenvalue weighted by molar-refractivity contribution is 5.94. The van der Waals surface area contributed by atoms with Gasteiger partial charge in [-0.2, -0.15) is 0 Å². The first-order chi connectivity index (χ1) is 18.5. The predicted octanol–water partition coefficient (Wildman–Crippen LogP) is 4.40. The minimum atomic E-state index is -1.39. The van der Waals surface area contributed by atoms with Crippen molar-refractivity contribution in [3.05, 3.63) is 45.6 Å². The van der Waals surface area contributed by atoms with E-state index >= 15 is 0 Å². The normalized spacial score (nSPS) is 26.0. The molecule has 5 rings (SSSR count). The number of hydrogen-bond acceptors (Lipinski definition) is 9. The smallest absolute Gasteiger partial charge is 0.351 e. The Morgan fingerprint density at radius 2 is 1.59 bits per heavy atom. The molecule has 2 bridgehead atoms. The topological polar surface area (TPSA) is 107 Å². The summed E-state index contributed by atoms with van der Waals surface area (Å²) in [6.07, 6.45) is 0.975. The fourth-order valence-electron chi connectivity index (χ4n) is 6.48. The van der Waals surface area contributed by atoms with Gasteiger partial charge in [-0.25, -0.2) is 4.79 Å². The van der Waals surface area contributed by atoms with Crippen LogP contribution in [0.5, 0.6) is 23.0 Å². The van der Waals surface area contributed by atoms with E-state index in [1.54, 1.807) is 19.2 Å². The van der Waals surface area contributed by atoms with Crippen molar-refractivity contribution in [2.75, 3.05) is 28.4 Å². The second kappa shape index (κ2) is 9.17. The second-order valence-corrected chi connectivity index (χ2v) is 11.1. The third-order valence-electron chi connectivity index (χ3n) is 9.33. The predicted molar refractivity (Wildman–Crippen MR) is 141 cm³/mol. The van der Waals surface area contributed by atoms with Crippen molar-refractivity contribution in [3.63, 3.8) is 0 Å². The summed E-state index contributed by atoms with van der Waals surface area (Å²) < 4.78 is 34.3. The number of esters is 2. The van der Waals surface area contributed by atoms with Crippen LogP contribution in [0.25, 0.3) is 11.1 Å². The molecular formula is C30H34O9. The van der Waals surface area contributed by atoms with Gasteiger partial charge in [-0.3, -0.25) is 9.59 Å². The van der Waals surface area contributed by atoms with Crippen LogP contribution in [-0.4, -0.2) is 46.0 Å². The zero-order chi connectivity index (χ0) is 28.3. The number of aryl methyl sites for hydroxylation is 1. The fraction of sp³-hybridized carbons (Fsp3) is 0.500. The Labute approximate surface area is 227 Å². The van der Waals surface area contributed by atoms with Crippen molar-refractivity contribution in [1.29, 1.82) is 0 Å². The molecule has 2 unspecified atom stereocenters. The van der Waals surface area contributed by atoms with Gasteiger partial charge >= 0.3 is 11.9 Å². The maximum absolute atomic E-state index is 13.9. The molecule has 2 aromatic carbocycles. The SMILES string of the molecule is COc1cc2c(c(OC)c1OC)-c1ccc(OC)c(=O)cc1[C@@H](OC(=O)C13CCC(C)(C(=O)O1)C3(C)C)CC2. The summed E-state index contributed by atoms with van der Waals surface area (Å²) in [6, 6.07) is 6.67. The van der Waals surface area contributed by atoms with Gasteiger partial charge in [0.2, 0.25) is 16.8 Å². The van der Waals surface area contributed by atoms with Gasteiger partial charge < -0.3 is 28.4 Å². The van der Waals surface area contributed by atoms with Crippen LogP contribution in [0.15, 0.2) is 29.1 Å². The van der Waals surface area contributed by atoms with Gasteiger partial charge in [0.15, 0.2) is 17.2 Å². The first-order valence-corrected chi connectivity index (χ1v) is 13.0. The summed E-state index contributed by atoms with van der Waals surface area (Å²) in [7, 11) is 6.04. The highest BCUT2D eigenvalue weighted by atomic mass is 16.6. The molecular weight excluding hydrogens is 504 g/mol. The summed E-state index contributed by atoms with van der Waals surface area (Å²) in [5.74, 6) is 0.503. The second-order valence-electron chi connectivity index (χ2n) is 11.1. The number of fused-ring (bicyclic) bond motifs is 5. The molecule has 3 aliphatic rings. The zero-order valence-corrected chi connectivity index (χ0v) is 23.4. The average molecular weight is 539 g/mol. The summed E-state index contributed by atoms with van der Waals surface area (Å²) in [4.78, 5) is 39.9. The molecule has 0 N–H and O–H groups in total. The monoisotopic (exact) mass is 538 g/mol. The average Bonchev–Trinajstić information content (AvgIpc) is 3.07. The Morgan fingerprint density at radius 1 is 0.897 bits per heavy atom. The van der Waals surface area contributed by atoms with Crippen molar-refractivity contribution in [3.8, 4) is 34.1 Å². The summed E-state index contributed by atoms with van der Waals surface area (Å²) in [6.45, 7) is 5.61. The molecule has 2 aliphatic carbocycles. The molecule has 0 radical (unpaired) electrons. The van der Waals surface area contributed by atoms with E-state index in [1.165, 1.54) is 27.4 Å². The minimum Gasteiger partial charge on any atom is -0.493 e. The summed E-state index contributed by atoms with van der Waals surface area (Å²) in [5, 5.41) is 0. The van der Waals surface area contributed by atoms with Crippen LogP contribution in [0.2, 0.25) is 0 Å². The largest absolute Gasteiger partial charge is 0.493 e. The van der Waals surface area contributed by atoms with Gasteiger partial charge in [-0.15, -0.1) is 0 Å². The van der Waals surface area contributed by atoms with Crippen molar-refractivity contribution in [2.24, 2.45) is 10.8 Å². The van der Waals surface area contributed by atoms with Crippen molar-refractivity contribution in [1.82, 2.24) is 0 Å². The molecule has 1 saturated heterocycles. The Morgan fingerprint density at radius 3 is 2.15 bits per heavy atom. The van der Waals surface area contributed by atoms with Crippen molar-refractivity contribution < 1.29 is 38.0 Å². The standard InChI is InChI=1S/C30H34O9/c1-28(2)29(3)12-13-30(28,39-26(29)32)27(33)38-20-10-8-16-14-22(35-5)24(36-6)25(37-7)23(16)17-9-11-21(34-4)19(31)15-18(17)20/h9,11,14-15,20H,8,10,12-13H2,1-7H3/t20-,29?,30?/m0/s1. The van der Waals surface area contributed by atoms with E-state index in [9.17, 15) is 14.4 Å². The van der Waals surface area contributed by atoms with Crippen LogP contribution < -0.4 is 24.4 Å². The molecule has 0 spiro atoms. The van der Waals surface area contributed by atoms with E-state index in [0.29, 0.717) is 59.6 Å². The fourth-order valence-corrected chi connectivity index (χ4v) is 6.48. The first kappa shape index (κ1) is 26.8. The molecule has 3 atom stereocenters. The molecule has 2 aromatic rings. The van der Waals surface area contributed by atoms with Crippen LogP contribution in [0, 0.1) is 10.8 Å². The maximum Gasteiger partial charge on any atom is 0.351 e. The summed E-state index contributed by atoms with van der Waals surface area (Å²) >= 11 is 0. The van der Waals surface area contributed by atoms with Crippen molar-refractivity contribution in [2.45, 2.75) is 58.2 Å². The van der Waals surface area contributed by atoms with Crippen molar-refractivity contribution >= 4 is 11.9 Å². The molecule has 9 nitrogen and oxygen atoms in total. The molecule has 2 fully saturated rings. The lowest BCUT2D eigenvalue weighted by Gasteiger charge is -2.35. The van der Waals surface area contributed by atoms with Gasteiger partial charge in [0.05, 0.1) is 33.9 Å². The Bertz CT molecular complexity index is 1430. The van der Waals surface area contributed by atoms with E-state index in [0.717, 1.165) is 5.56 Å². The zero-order valence-electron chi connectivity index (χ0n) is 23.4. The molecule has 1 heterocycles. The number of ether oxygens (including phenoxy) is 6. The van der Waals surface area contributed by atoms with Crippen LogP contribution in [0.4, 0.5) is 0 Å². The van der Waals surface area contributed by atoms with Crippen LogP contribution >= 0.6 is 0 Å².